The van der Waals surface area contributed by atoms with Crippen molar-refractivity contribution in [1.82, 2.24) is 0 Å². The van der Waals surface area contributed by atoms with Crippen molar-refractivity contribution in [3.05, 3.63) is 23.5 Å². The smallest absolute Gasteiger partial charge is 0.101 e. The molecule has 2 heteroatoms. The van der Waals surface area contributed by atoms with Crippen LogP contribution < -0.4 is 0 Å². The second-order valence-electron chi connectivity index (χ2n) is 3.44. The second kappa shape index (κ2) is 4.71. The fraction of sp³-hybridized carbons (Fsp3) is 0.545. The van der Waals surface area contributed by atoms with E-state index in [-0.39, 0.29) is 0 Å². The molecule has 1 rings (SSSR count). The van der Waals surface area contributed by atoms with Crippen molar-refractivity contribution in [2.75, 3.05) is 6.61 Å². The van der Waals surface area contributed by atoms with Crippen molar-refractivity contribution in [2.45, 2.75) is 26.7 Å². The third-order valence-corrected chi connectivity index (χ3v) is 2.13. The molecule has 0 aromatic heterocycles. The van der Waals surface area contributed by atoms with Crippen molar-refractivity contribution in [1.29, 1.82) is 5.26 Å². The van der Waals surface area contributed by atoms with Crippen molar-refractivity contribution < 1.29 is 4.74 Å². The molecular weight excluding hydrogens is 162 g/mol. The molecule has 70 valence electrons. The van der Waals surface area contributed by atoms with Crippen LogP contribution in [0.4, 0.5) is 0 Å². The van der Waals surface area contributed by atoms with E-state index < -0.39 is 0 Å². The van der Waals surface area contributed by atoms with Crippen molar-refractivity contribution >= 4 is 0 Å². The lowest BCUT2D eigenvalue weighted by Gasteiger charge is -2.19. The Hall–Kier alpha value is -1.23. The molecule has 0 saturated heterocycles. The van der Waals surface area contributed by atoms with Gasteiger partial charge in [-0.15, -0.1) is 0 Å². The first-order valence-electron chi connectivity index (χ1n) is 4.61. The lowest BCUT2D eigenvalue weighted by Crippen LogP contribution is -2.08. The van der Waals surface area contributed by atoms with Gasteiger partial charge in [0.05, 0.1) is 18.2 Å². The van der Waals surface area contributed by atoms with Gasteiger partial charge in [0.15, 0.2) is 0 Å². The first-order chi connectivity index (χ1) is 6.24. The zero-order valence-electron chi connectivity index (χ0n) is 8.21. The Morgan fingerprint density at radius 1 is 1.62 bits per heavy atom. The van der Waals surface area contributed by atoms with Crippen LogP contribution in [-0.4, -0.2) is 6.61 Å². The SMILES string of the molecule is CC1=CC=C(OCCC#N)C(C)C1. The van der Waals surface area contributed by atoms with Crippen molar-refractivity contribution in [3.8, 4) is 6.07 Å². The summed E-state index contributed by atoms with van der Waals surface area (Å²) >= 11 is 0. The highest BCUT2D eigenvalue weighted by molar-refractivity contribution is 5.21. The topological polar surface area (TPSA) is 33.0 Å². The lowest BCUT2D eigenvalue weighted by molar-refractivity contribution is 0.185. The molecule has 0 aromatic rings. The van der Waals surface area contributed by atoms with Crippen LogP contribution in [0.15, 0.2) is 23.5 Å². The molecule has 0 amide bonds. The molecular formula is C11H15NO. The van der Waals surface area contributed by atoms with E-state index in [0.29, 0.717) is 18.9 Å². The van der Waals surface area contributed by atoms with Gasteiger partial charge in [-0.3, -0.25) is 0 Å². The number of ether oxygens (including phenoxy) is 1. The Balaban J connectivity index is 2.45. The molecule has 1 unspecified atom stereocenters. The zero-order valence-corrected chi connectivity index (χ0v) is 8.21. The summed E-state index contributed by atoms with van der Waals surface area (Å²) in [7, 11) is 0. The summed E-state index contributed by atoms with van der Waals surface area (Å²) < 4.78 is 5.48. The number of nitrogens with zero attached hydrogens (tertiary/aromatic N) is 1. The average molecular weight is 177 g/mol. The summed E-state index contributed by atoms with van der Waals surface area (Å²) in [5.74, 6) is 1.48. The molecule has 0 aromatic carbocycles. The van der Waals surface area contributed by atoms with Crippen LogP contribution in [0.25, 0.3) is 0 Å². The van der Waals surface area contributed by atoms with Gasteiger partial charge >= 0.3 is 0 Å². The average Bonchev–Trinajstić information content (AvgIpc) is 2.09. The van der Waals surface area contributed by atoms with Crippen LogP contribution in [-0.2, 0) is 4.74 Å². The van der Waals surface area contributed by atoms with Gasteiger partial charge in [-0.1, -0.05) is 18.6 Å². The highest BCUT2D eigenvalue weighted by Crippen LogP contribution is 2.25. The van der Waals surface area contributed by atoms with Gasteiger partial charge in [0.2, 0.25) is 0 Å². The molecule has 13 heavy (non-hydrogen) atoms. The summed E-state index contributed by atoms with van der Waals surface area (Å²) in [6, 6.07) is 2.06. The van der Waals surface area contributed by atoms with E-state index in [4.69, 9.17) is 10.00 Å². The molecule has 2 nitrogen and oxygen atoms in total. The van der Waals surface area contributed by atoms with Crippen molar-refractivity contribution in [3.63, 3.8) is 0 Å². The number of rotatable bonds is 3. The van der Waals surface area contributed by atoms with Crippen LogP contribution in [0.1, 0.15) is 26.7 Å². The molecule has 0 heterocycles. The second-order valence-corrected chi connectivity index (χ2v) is 3.44. The Labute approximate surface area is 79.5 Å². The maximum atomic E-state index is 8.34. The Kier molecular flexibility index (Phi) is 3.57. The van der Waals surface area contributed by atoms with E-state index in [1.54, 1.807) is 0 Å². The van der Waals surface area contributed by atoms with Crippen LogP contribution in [0.5, 0.6) is 0 Å². The minimum Gasteiger partial charge on any atom is -0.497 e. The van der Waals surface area contributed by atoms with Crippen molar-refractivity contribution in [2.24, 2.45) is 5.92 Å². The first-order valence-corrected chi connectivity index (χ1v) is 4.61. The maximum Gasteiger partial charge on any atom is 0.101 e. The molecule has 0 saturated carbocycles. The van der Waals surface area contributed by atoms with Gasteiger partial charge in [-0.25, -0.2) is 0 Å². The summed E-state index contributed by atoms with van der Waals surface area (Å²) in [6.45, 7) is 4.79. The van der Waals surface area contributed by atoms with E-state index in [1.807, 2.05) is 6.08 Å². The number of allylic oxidation sites excluding steroid dienone is 4. The van der Waals surface area contributed by atoms with Crippen LogP contribution in [0, 0.1) is 17.2 Å². The van der Waals surface area contributed by atoms with Gasteiger partial charge in [0.1, 0.15) is 6.61 Å². The predicted molar refractivity (Wildman–Crippen MR) is 51.8 cm³/mol. The summed E-state index contributed by atoms with van der Waals surface area (Å²) in [6.07, 6.45) is 5.63. The highest BCUT2D eigenvalue weighted by Gasteiger charge is 2.13. The Bertz CT molecular complexity index is 270. The maximum absolute atomic E-state index is 8.34. The largest absolute Gasteiger partial charge is 0.497 e. The Morgan fingerprint density at radius 2 is 2.38 bits per heavy atom. The first kappa shape index (κ1) is 9.85. The van der Waals surface area contributed by atoms with E-state index >= 15 is 0 Å². The van der Waals surface area contributed by atoms with Gasteiger partial charge in [-0.05, 0) is 19.4 Å². The fourth-order valence-electron chi connectivity index (χ4n) is 1.45. The van der Waals surface area contributed by atoms with Gasteiger partial charge < -0.3 is 4.74 Å². The third-order valence-electron chi connectivity index (χ3n) is 2.13. The number of hydrogen-bond donors (Lipinski definition) is 0. The number of hydrogen-bond acceptors (Lipinski definition) is 2. The summed E-state index contributed by atoms with van der Waals surface area (Å²) in [5, 5.41) is 8.34. The molecule has 1 aliphatic carbocycles. The molecule has 0 bridgehead atoms. The fourth-order valence-corrected chi connectivity index (χ4v) is 1.45. The highest BCUT2D eigenvalue weighted by atomic mass is 16.5. The quantitative estimate of drug-likeness (QED) is 0.621. The molecule has 1 aliphatic rings. The normalized spacial score (nSPS) is 21.5. The molecule has 0 aliphatic heterocycles. The molecule has 0 spiro atoms. The Morgan fingerprint density at radius 3 is 3.00 bits per heavy atom. The van der Waals surface area contributed by atoms with E-state index in [1.165, 1.54) is 5.57 Å². The van der Waals surface area contributed by atoms with Crippen LogP contribution in [0.2, 0.25) is 0 Å². The molecule has 0 fully saturated rings. The van der Waals surface area contributed by atoms with Gasteiger partial charge in [0, 0.05) is 5.92 Å². The van der Waals surface area contributed by atoms with Gasteiger partial charge in [0.25, 0.3) is 0 Å². The van der Waals surface area contributed by atoms with E-state index in [0.717, 1.165) is 12.2 Å². The minimum atomic E-state index is 0.462. The van der Waals surface area contributed by atoms with E-state index in [9.17, 15) is 0 Å². The predicted octanol–water partition coefficient (Wildman–Crippen LogP) is 2.79. The zero-order chi connectivity index (χ0) is 9.68. The molecule has 0 N–H and O–H groups in total. The third kappa shape index (κ3) is 2.95. The summed E-state index contributed by atoms with van der Waals surface area (Å²) in [4.78, 5) is 0. The molecule has 1 atom stereocenters. The monoisotopic (exact) mass is 177 g/mol. The van der Waals surface area contributed by atoms with Crippen LogP contribution in [0.3, 0.4) is 0 Å². The minimum absolute atomic E-state index is 0.462. The summed E-state index contributed by atoms with van der Waals surface area (Å²) in [5.41, 5.74) is 1.39. The lowest BCUT2D eigenvalue weighted by atomic mass is 9.95. The number of nitriles is 1. The molecule has 0 radical (unpaired) electrons. The standard InChI is InChI=1S/C11H15NO/c1-9-4-5-11(10(2)8-9)13-7-3-6-12/h4-5,10H,3,7-8H2,1-2H3. The van der Waals surface area contributed by atoms with Gasteiger partial charge in [-0.2, -0.15) is 5.26 Å². The van der Waals surface area contributed by atoms with E-state index in [2.05, 4.69) is 26.0 Å². The van der Waals surface area contributed by atoms with Crippen LogP contribution >= 0.6 is 0 Å².